The fourth-order valence-corrected chi connectivity index (χ4v) is 2.68. The Morgan fingerprint density at radius 3 is 2.78 bits per heavy atom. The smallest absolute Gasteiger partial charge is 0.337 e. The minimum Gasteiger partial charge on any atom is -0.466 e. The number of ether oxygens (including phenoxy) is 1. The van der Waals surface area contributed by atoms with Crippen LogP contribution in [0, 0.1) is 5.82 Å². The molecule has 2 amide bonds. The van der Waals surface area contributed by atoms with Crippen molar-refractivity contribution in [1.29, 1.82) is 0 Å². The van der Waals surface area contributed by atoms with Crippen LogP contribution in [0.4, 0.5) is 9.18 Å². The number of nitrogens with one attached hydrogen (secondary N) is 1. The molecule has 5 nitrogen and oxygen atoms in total. The molecule has 1 heterocycles. The summed E-state index contributed by atoms with van der Waals surface area (Å²) in [6.45, 7) is 4.26. The molecule has 0 aromatic heterocycles. The van der Waals surface area contributed by atoms with Crippen LogP contribution in [0.3, 0.4) is 0 Å². The lowest BCUT2D eigenvalue weighted by Gasteiger charge is -2.35. The summed E-state index contributed by atoms with van der Waals surface area (Å²) in [6.07, 6.45) is 1.75. The second kappa shape index (κ2) is 7.26. The average Bonchev–Trinajstić information content (AvgIpc) is 2.53. The molecule has 6 heteroatoms. The largest absolute Gasteiger partial charge is 0.466 e. The van der Waals surface area contributed by atoms with Crippen LogP contribution in [0.15, 0.2) is 35.5 Å². The molecule has 0 saturated heterocycles. The van der Waals surface area contributed by atoms with E-state index in [1.807, 2.05) is 6.92 Å². The van der Waals surface area contributed by atoms with Crippen molar-refractivity contribution in [3.05, 3.63) is 46.9 Å². The molecular formula is C17H21FN2O3. The van der Waals surface area contributed by atoms with E-state index in [2.05, 4.69) is 5.32 Å². The van der Waals surface area contributed by atoms with Crippen molar-refractivity contribution in [2.75, 3.05) is 13.7 Å². The van der Waals surface area contributed by atoms with E-state index in [1.165, 1.54) is 24.1 Å². The van der Waals surface area contributed by atoms with Crippen molar-refractivity contribution in [3.8, 4) is 0 Å². The van der Waals surface area contributed by atoms with Crippen LogP contribution < -0.4 is 5.32 Å². The first-order valence-electron chi connectivity index (χ1n) is 7.62. The Labute approximate surface area is 135 Å². The quantitative estimate of drug-likeness (QED) is 0.848. The van der Waals surface area contributed by atoms with E-state index in [0.29, 0.717) is 23.4 Å². The standard InChI is InChI=1S/C17H21FN2O3/c1-4-5-9-20-11(2)14(16(21)23-3)15(19-17(20)22)12-7-6-8-13(18)10-12/h6-8,10,15H,4-5,9H2,1-3H3,(H,19,22). The SMILES string of the molecule is CCCCN1C(=O)NC(c2cccc(F)c2)C(C(=O)OC)=C1C. The number of urea groups is 1. The summed E-state index contributed by atoms with van der Waals surface area (Å²) in [7, 11) is 1.29. The molecule has 1 aliphatic heterocycles. The van der Waals surface area contributed by atoms with Gasteiger partial charge in [0.15, 0.2) is 0 Å². The van der Waals surface area contributed by atoms with Gasteiger partial charge in [-0.2, -0.15) is 0 Å². The molecule has 0 radical (unpaired) electrons. The Kier molecular flexibility index (Phi) is 5.36. The maximum absolute atomic E-state index is 13.5. The van der Waals surface area contributed by atoms with Crippen molar-refractivity contribution < 1.29 is 18.7 Å². The lowest BCUT2D eigenvalue weighted by atomic mass is 9.94. The van der Waals surface area contributed by atoms with Gasteiger partial charge in [-0.25, -0.2) is 14.0 Å². The summed E-state index contributed by atoms with van der Waals surface area (Å²) in [5.74, 6) is -0.953. The van der Waals surface area contributed by atoms with Crippen molar-refractivity contribution in [1.82, 2.24) is 10.2 Å². The predicted octanol–water partition coefficient (Wildman–Crippen LogP) is 3.14. The third-order valence-electron chi connectivity index (χ3n) is 3.92. The molecule has 2 rings (SSSR count). The van der Waals surface area contributed by atoms with Crippen LogP contribution in [0.25, 0.3) is 0 Å². The van der Waals surface area contributed by atoms with Crippen LogP contribution in [0.1, 0.15) is 38.3 Å². The van der Waals surface area contributed by atoms with Gasteiger partial charge in [-0.3, -0.25) is 4.90 Å². The van der Waals surface area contributed by atoms with Gasteiger partial charge in [0.1, 0.15) is 5.82 Å². The maximum Gasteiger partial charge on any atom is 0.337 e. The van der Waals surface area contributed by atoms with Gasteiger partial charge in [-0.1, -0.05) is 25.5 Å². The number of unbranched alkanes of at least 4 members (excludes halogenated alkanes) is 1. The van der Waals surface area contributed by atoms with E-state index in [0.717, 1.165) is 12.8 Å². The topological polar surface area (TPSA) is 58.6 Å². The second-order valence-electron chi connectivity index (χ2n) is 5.43. The Hall–Kier alpha value is -2.37. The average molecular weight is 320 g/mol. The highest BCUT2D eigenvalue weighted by Gasteiger charge is 2.35. The molecule has 23 heavy (non-hydrogen) atoms. The fraction of sp³-hybridized carbons (Fsp3) is 0.412. The van der Waals surface area contributed by atoms with E-state index in [9.17, 15) is 14.0 Å². The Balaban J connectivity index is 2.48. The number of nitrogens with zero attached hydrogens (tertiary/aromatic N) is 1. The zero-order valence-electron chi connectivity index (χ0n) is 13.6. The lowest BCUT2D eigenvalue weighted by Crippen LogP contribution is -2.48. The molecule has 0 fully saturated rings. The molecule has 1 aliphatic rings. The number of allylic oxidation sites excluding steroid dienone is 1. The van der Waals surface area contributed by atoms with Crippen molar-refractivity contribution in [2.45, 2.75) is 32.7 Å². The number of halogens is 1. The van der Waals surface area contributed by atoms with Crippen molar-refractivity contribution in [2.24, 2.45) is 0 Å². The summed E-state index contributed by atoms with van der Waals surface area (Å²) < 4.78 is 18.4. The van der Waals surface area contributed by atoms with Gasteiger partial charge in [0.25, 0.3) is 0 Å². The second-order valence-corrected chi connectivity index (χ2v) is 5.43. The lowest BCUT2D eigenvalue weighted by molar-refractivity contribution is -0.136. The number of benzene rings is 1. The van der Waals surface area contributed by atoms with Crippen LogP contribution >= 0.6 is 0 Å². The number of carbonyl (C=O) groups is 2. The Morgan fingerprint density at radius 2 is 2.17 bits per heavy atom. The molecule has 1 aromatic rings. The highest BCUT2D eigenvalue weighted by molar-refractivity contribution is 5.94. The number of rotatable bonds is 5. The number of methoxy groups -OCH3 is 1. The van der Waals surface area contributed by atoms with E-state index in [4.69, 9.17) is 4.74 Å². The highest BCUT2D eigenvalue weighted by Crippen LogP contribution is 2.31. The summed E-state index contributed by atoms with van der Waals surface area (Å²) in [6, 6.07) is 4.83. The van der Waals surface area contributed by atoms with Crippen molar-refractivity contribution in [3.63, 3.8) is 0 Å². The normalized spacial score (nSPS) is 18.0. The number of hydrogen-bond acceptors (Lipinski definition) is 3. The number of carbonyl (C=O) groups excluding carboxylic acids is 2. The summed E-state index contributed by atoms with van der Waals surface area (Å²) >= 11 is 0. The molecule has 0 saturated carbocycles. The van der Waals surface area contributed by atoms with Crippen LogP contribution in [-0.2, 0) is 9.53 Å². The molecule has 1 unspecified atom stereocenters. The summed E-state index contributed by atoms with van der Waals surface area (Å²) in [5, 5.41) is 2.78. The molecular weight excluding hydrogens is 299 g/mol. The third-order valence-corrected chi connectivity index (χ3v) is 3.92. The zero-order chi connectivity index (χ0) is 17.0. The van der Waals surface area contributed by atoms with Crippen LogP contribution in [0.5, 0.6) is 0 Å². The van der Waals surface area contributed by atoms with Gasteiger partial charge in [0.2, 0.25) is 0 Å². The zero-order valence-corrected chi connectivity index (χ0v) is 13.6. The minimum absolute atomic E-state index is 0.294. The monoisotopic (exact) mass is 320 g/mol. The van der Waals surface area contributed by atoms with Gasteiger partial charge in [-0.15, -0.1) is 0 Å². The minimum atomic E-state index is -0.719. The van der Waals surface area contributed by atoms with Gasteiger partial charge < -0.3 is 10.1 Å². The van der Waals surface area contributed by atoms with E-state index in [-0.39, 0.29) is 6.03 Å². The Morgan fingerprint density at radius 1 is 1.43 bits per heavy atom. The molecule has 0 spiro atoms. The van der Waals surface area contributed by atoms with Gasteiger partial charge in [-0.05, 0) is 31.0 Å². The molecule has 0 bridgehead atoms. The summed E-state index contributed by atoms with van der Waals surface area (Å²) in [5.41, 5.74) is 1.38. The van der Waals surface area contributed by atoms with Crippen LogP contribution in [-0.4, -0.2) is 30.6 Å². The molecule has 1 atom stereocenters. The van der Waals surface area contributed by atoms with E-state index in [1.54, 1.807) is 19.1 Å². The Bertz CT molecular complexity index is 642. The first-order valence-corrected chi connectivity index (χ1v) is 7.62. The third kappa shape index (κ3) is 3.52. The van der Waals surface area contributed by atoms with Gasteiger partial charge in [0, 0.05) is 12.2 Å². The molecule has 1 N–H and O–H groups in total. The fourth-order valence-electron chi connectivity index (χ4n) is 2.68. The number of amides is 2. The number of esters is 1. The molecule has 1 aromatic carbocycles. The molecule has 124 valence electrons. The first kappa shape index (κ1) is 17.0. The summed E-state index contributed by atoms with van der Waals surface area (Å²) in [4.78, 5) is 26.1. The van der Waals surface area contributed by atoms with Crippen molar-refractivity contribution >= 4 is 12.0 Å². The van der Waals surface area contributed by atoms with Crippen LogP contribution in [0.2, 0.25) is 0 Å². The molecule has 0 aliphatic carbocycles. The van der Waals surface area contributed by atoms with Gasteiger partial charge >= 0.3 is 12.0 Å². The van der Waals surface area contributed by atoms with E-state index < -0.39 is 17.8 Å². The highest BCUT2D eigenvalue weighted by atomic mass is 19.1. The predicted molar refractivity (Wildman–Crippen MR) is 84.0 cm³/mol. The number of hydrogen-bond donors (Lipinski definition) is 1. The van der Waals surface area contributed by atoms with Gasteiger partial charge in [0.05, 0.1) is 18.7 Å². The maximum atomic E-state index is 13.5. The van der Waals surface area contributed by atoms with E-state index >= 15 is 0 Å². The first-order chi connectivity index (χ1) is 11.0.